The SMILES string of the molecule is O=[N+]([O-])c1ccc(S(=O)(=O)N2CCCC2c2ccc3c(c2)OCCCO3)cc1. The zero-order valence-electron chi connectivity index (χ0n) is 15.1. The molecule has 1 saturated heterocycles. The van der Waals surface area contributed by atoms with Crippen LogP contribution in [0.4, 0.5) is 5.69 Å². The van der Waals surface area contributed by atoms with E-state index in [1.807, 2.05) is 18.2 Å². The van der Waals surface area contributed by atoms with E-state index in [9.17, 15) is 18.5 Å². The molecule has 148 valence electrons. The van der Waals surface area contributed by atoms with Gasteiger partial charge in [-0.25, -0.2) is 8.42 Å². The van der Waals surface area contributed by atoms with Gasteiger partial charge in [-0.05, 0) is 42.7 Å². The summed E-state index contributed by atoms with van der Waals surface area (Å²) in [5, 5.41) is 10.8. The van der Waals surface area contributed by atoms with Crippen LogP contribution in [0.2, 0.25) is 0 Å². The third-order valence-electron chi connectivity index (χ3n) is 5.01. The van der Waals surface area contributed by atoms with Gasteiger partial charge < -0.3 is 9.47 Å². The summed E-state index contributed by atoms with van der Waals surface area (Å²) >= 11 is 0. The maximum absolute atomic E-state index is 13.1. The Morgan fingerprint density at radius 1 is 1.00 bits per heavy atom. The first-order valence-electron chi connectivity index (χ1n) is 9.13. The molecule has 1 unspecified atom stereocenters. The average Bonchev–Trinajstić information content (AvgIpc) is 3.08. The van der Waals surface area contributed by atoms with E-state index in [2.05, 4.69) is 0 Å². The fourth-order valence-corrected chi connectivity index (χ4v) is 5.31. The van der Waals surface area contributed by atoms with Gasteiger partial charge in [-0.3, -0.25) is 10.1 Å². The van der Waals surface area contributed by atoms with Crippen molar-refractivity contribution in [1.29, 1.82) is 0 Å². The van der Waals surface area contributed by atoms with Crippen molar-refractivity contribution in [3.05, 3.63) is 58.1 Å². The Bertz CT molecular complexity index is 990. The Labute approximate surface area is 162 Å². The molecule has 2 aliphatic rings. The highest BCUT2D eigenvalue weighted by Crippen LogP contribution is 2.40. The van der Waals surface area contributed by atoms with Gasteiger partial charge in [-0.2, -0.15) is 4.31 Å². The lowest BCUT2D eigenvalue weighted by molar-refractivity contribution is -0.384. The minimum absolute atomic E-state index is 0.0549. The van der Waals surface area contributed by atoms with Crippen LogP contribution in [0.5, 0.6) is 11.5 Å². The molecule has 2 heterocycles. The Balaban J connectivity index is 1.64. The van der Waals surface area contributed by atoms with Gasteiger partial charge in [0.25, 0.3) is 5.69 Å². The maximum atomic E-state index is 13.1. The Morgan fingerprint density at radius 3 is 2.43 bits per heavy atom. The van der Waals surface area contributed by atoms with E-state index in [-0.39, 0.29) is 16.6 Å². The van der Waals surface area contributed by atoms with E-state index in [1.165, 1.54) is 28.6 Å². The van der Waals surface area contributed by atoms with Crippen LogP contribution >= 0.6 is 0 Å². The van der Waals surface area contributed by atoms with Crippen molar-refractivity contribution in [2.24, 2.45) is 0 Å². The molecule has 0 radical (unpaired) electrons. The number of nitrogens with zero attached hydrogens (tertiary/aromatic N) is 2. The Kier molecular flexibility index (Phi) is 4.94. The van der Waals surface area contributed by atoms with Crippen LogP contribution < -0.4 is 9.47 Å². The van der Waals surface area contributed by atoms with E-state index in [0.29, 0.717) is 37.7 Å². The van der Waals surface area contributed by atoms with Crippen LogP contribution in [0.3, 0.4) is 0 Å². The molecule has 4 rings (SSSR count). The van der Waals surface area contributed by atoms with Crippen molar-refractivity contribution in [2.45, 2.75) is 30.2 Å². The van der Waals surface area contributed by atoms with Gasteiger partial charge >= 0.3 is 0 Å². The predicted molar refractivity (Wildman–Crippen MR) is 101 cm³/mol. The highest BCUT2D eigenvalue weighted by molar-refractivity contribution is 7.89. The zero-order valence-corrected chi connectivity index (χ0v) is 15.9. The molecule has 0 aromatic heterocycles. The summed E-state index contributed by atoms with van der Waals surface area (Å²) in [6.45, 7) is 1.56. The van der Waals surface area contributed by atoms with Crippen molar-refractivity contribution in [3.8, 4) is 11.5 Å². The topological polar surface area (TPSA) is 99.0 Å². The molecule has 0 saturated carbocycles. The number of benzene rings is 2. The number of ether oxygens (including phenoxy) is 2. The van der Waals surface area contributed by atoms with Crippen molar-refractivity contribution in [1.82, 2.24) is 4.31 Å². The number of fused-ring (bicyclic) bond motifs is 1. The molecule has 2 aromatic carbocycles. The van der Waals surface area contributed by atoms with Gasteiger partial charge in [0.2, 0.25) is 10.0 Å². The molecule has 8 nitrogen and oxygen atoms in total. The summed E-state index contributed by atoms with van der Waals surface area (Å²) < 4.78 is 39.1. The molecule has 0 aliphatic carbocycles. The first-order chi connectivity index (χ1) is 13.5. The van der Waals surface area contributed by atoms with Gasteiger partial charge in [-0.1, -0.05) is 6.07 Å². The second-order valence-corrected chi connectivity index (χ2v) is 8.67. The second kappa shape index (κ2) is 7.40. The van der Waals surface area contributed by atoms with Crippen LogP contribution in [0.15, 0.2) is 47.4 Å². The molecule has 2 aromatic rings. The lowest BCUT2D eigenvalue weighted by atomic mass is 10.0. The molecular formula is C19H20N2O6S. The van der Waals surface area contributed by atoms with Gasteiger partial charge in [0, 0.05) is 25.1 Å². The summed E-state index contributed by atoms with van der Waals surface area (Å²) in [7, 11) is -3.77. The fourth-order valence-electron chi connectivity index (χ4n) is 3.62. The van der Waals surface area contributed by atoms with Crippen molar-refractivity contribution >= 4 is 15.7 Å². The number of nitro groups is 1. The molecule has 0 spiro atoms. The number of non-ortho nitro benzene ring substituents is 1. The number of nitro benzene ring substituents is 1. The zero-order chi connectivity index (χ0) is 19.7. The van der Waals surface area contributed by atoms with E-state index in [4.69, 9.17) is 9.47 Å². The minimum atomic E-state index is -3.77. The highest BCUT2D eigenvalue weighted by Gasteiger charge is 2.36. The molecule has 1 atom stereocenters. The quantitative estimate of drug-likeness (QED) is 0.573. The van der Waals surface area contributed by atoms with Crippen molar-refractivity contribution < 1.29 is 22.8 Å². The Hall–Kier alpha value is -2.65. The minimum Gasteiger partial charge on any atom is -0.490 e. The fraction of sp³-hybridized carbons (Fsp3) is 0.368. The molecule has 0 amide bonds. The largest absolute Gasteiger partial charge is 0.490 e. The third-order valence-corrected chi connectivity index (χ3v) is 6.94. The van der Waals surface area contributed by atoms with Crippen LogP contribution in [0.1, 0.15) is 30.9 Å². The Morgan fingerprint density at radius 2 is 1.71 bits per heavy atom. The highest BCUT2D eigenvalue weighted by atomic mass is 32.2. The number of hydrogen-bond acceptors (Lipinski definition) is 6. The lowest BCUT2D eigenvalue weighted by Gasteiger charge is -2.25. The number of hydrogen-bond donors (Lipinski definition) is 0. The summed E-state index contributed by atoms with van der Waals surface area (Å²) in [5.74, 6) is 1.30. The first-order valence-corrected chi connectivity index (χ1v) is 10.6. The van der Waals surface area contributed by atoms with E-state index < -0.39 is 14.9 Å². The van der Waals surface area contributed by atoms with Crippen LogP contribution in [-0.4, -0.2) is 37.4 Å². The van der Waals surface area contributed by atoms with Gasteiger partial charge in [0.1, 0.15) is 0 Å². The summed E-state index contributed by atoms with van der Waals surface area (Å²) in [6, 6.07) is 10.3. The lowest BCUT2D eigenvalue weighted by Crippen LogP contribution is -2.30. The van der Waals surface area contributed by atoms with E-state index >= 15 is 0 Å². The smallest absolute Gasteiger partial charge is 0.269 e. The maximum Gasteiger partial charge on any atom is 0.269 e. The molecule has 2 aliphatic heterocycles. The van der Waals surface area contributed by atoms with E-state index in [1.54, 1.807) is 0 Å². The molecular weight excluding hydrogens is 384 g/mol. The monoisotopic (exact) mass is 404 g/mol. The molecule has 1 fully saturated rings. The van der Waals surface area contributed by atoms with E-state index in [0.717, 1.165) is 18.4 Å². The third kappa shape index (κ3) is 3.43. The number of rotatable bonds is 4. The predicted octanol–water partition coefficient (Wildman–Crippen LogP) is 3.28. The van der Waals surface area contributed by atoms with Gasteiger partial charge in [0.15, 0.2) is 11.5 Å². The standard InChI is InChI=1S/C19H20N2O6S/c22-21(23)15-5-7-16(8-6-15)28(24,25)20-10-1-3-17(20)14-4-9-18-19(13-14)27-12-2-11-26-18/h4-9,13,17H,1-3,10-12H2. The number of sulfonamides is 1. The van der Waals surface area contributed by atoms with Crippen LogP contribution in [-0.2, 0) is 10.0 Å². The second-order valence-electron chi connectivity index (χ2n) is 6.78. The normalized spacial score (nSPS) is 19.9. The first kappa shape index (κ1) is 18.7. The average molecular weight is 404 g/mol. The molecule has 28 heavy (non-hydrogen) atoms. The van der Waals surface area contributed by atoms with Crippen LogP contribution in [0.25, 0.3) is 0 Å². The summed E-state index contributed by atoms with van der Waals surface area (Å²) in [4.78, 5) is 10.3. The van der Waals surface area contributed by atoms with Gasteiger partial charge in [-0.15, -0.1) is 0 Å². The van der Waals surface area contributed by atoms with Crippen LogP contribution in [0, 0.1) is 10.1 Å². The van der Waals surface area contributed by atoms with Crippen molar-refractivity contribution in [2.75, 3.05) is 19.8 Å². The molecule has 0 N–H and O–H groups in total. The molecule has 0 bridgehead atoms. The van der Waals surface area contributed by atoms with Crippen molar-refractivity contribution in [3.63, 3.8) is 0 Å². The summed E-state index contributed by atoms with van der Waals surface area (Å²) in [5.41, 5.74) is 0.715. The summed E-state index contributed by atoms with van der Waals surface area (Å²) in [6.07, 6.45) is 2.24. The van der Waals surface area contributed by atoms with Gasteiger partial charge in [0.05, 0.1) is 29.1 Å². The molecule has 9 heteroatoms.